The summed E-state index contributed by atoms with van der Waals surface area (Å²) in [5.74, 6) is 0.309. The summed E-state index contributed by atoms with van der Waals surface area (Å²) >= 11 is 0. The summed E-state index contributed by atoms with van der Waals surface area (Å²) in [7, 11) is 3.30. The van der Waals surface area contributed by atoms with Gasteiger partial charge in [-0.05, 0) is 38.5 Å². The van der Waals surface area contributed by atoms with Crippen molar-refractivity contribution in [1.82, 2.24) is 10.2 Å². The van der Waals surface area contributed by atoms with Crippen LogP contribution in [0, 0.1) is 0 Å². The van der Waals surface area contributed by atoms with Gasteiger partial charge in [0.15, 0.2) is 0 Å². The molecule has 1 aromatic rings. The van der Waals surface area contributed by atoms with E-state index in [1.54, 1.807) is 32.9 Å². The van der Waals surface area contributed by atoms with Crippen molar-refractivity contribution in [2.75, 3.05) is 20.7 Å². The molecule has 23 heavy (non-hydrogen) atoms. The Morgan fingerprint density at radius 2 is 2.00 bits per heavy atom. The molecule has 0 aliphatic heterocycles. The first-order chi connectivity index (χ1) is 10.9. The third-order valence-corrected chi connectivity index (χ3v) is 3.58. The Labute approximate surface area is 137 Å². The molecule has 2 amide bonds. The predicted octanol–water partition coefficient (Wildman–Crippen LogP) is 1.58. The van der Waals surface area contributed by atoms with Gasteiger partial charge >= 0.3 is 0 Å². The van der Waals surface area contributed by atoms with Crippen LogP contribution in [0.3, 0.4) is 0 Å². The van der Waals surface area contributed by atoms with Crippen LogP contribution in [0.25, 0.3) is 0 Å². The number of methoxy groups -OCH3 is 1. The Bertz CT molecular complexity index is 533. The van der Waals surface area contributed by atoms with Crippen LogP contribution in [0.1, 0.15) is 26.3 Å². The van der Waals surface area contributed by atoms with Gasteiger partial charge in [-0.15, -0.1) is 0 Å². The third kappa shape index (κ3) is 5.90. The van der Waals surface area contributed by atoms with E-state index in [1.165, 1.54) is 0 Å². The molecule has 2 atom stereocenters. The Balaban J connectivity index is 2.49. The molecule has 1 N–H and O–H groups in total. The summed E-state index contributed by atoms with van der Waals surface area (Å²) < 4.78 is 10.7. The van der Waals surface area contributed by atoms with Crippen molar-refractivity contribution in [1.29, 1.82) is 0 Å². The lowest BCUT2D eigenvalue weighted by Gasteiger charge is -2.22. The second kappa shape index (κ2) is 9.15. The number of carbonyl (C=O) groups is 2. The lowest BCUT2D eigenvalue weighted by molar-refractivity contribution is -0.139. The molecule has 2 unspecified atom stereocenters. The minimum absolute atomic E-state index is 0.124. The number of hydrogen-bond donors (Lipinski definition) is 1. The van der Waals surface area contributed by atoms with Gasteiger partial charge in [0, 0.05) is 13.6 Å². The van der Waals surface area contributed by atoms with Crippen molar-refractivity contribution in [3.8, 4) is 5.75 Å². The summed E-state index contributed by atoms with van der Waals surface area (Å²) in [4.78, 5) is 25.6. The van der Waals surface area contributed by atoms with Crippen LogP contribution >= 0.6 is 0 Å². The molecule has 0 aliphatic rings. The summed E-state index contributed by atoms with van der Waals surface area (Å²) in [5, 5.41) is 2.67. The fraction of sp³-hybridized carbons (Fsp3) is 0.529. The zero-order valence-corrected chi connectivity index (χ0v) is 14.5. The minimum atomic E-state index is -0.650. The van der Waals surface area contributed by atoms with Crippen LogP contribution in [0.4, 0.5) is 0 Å². The molecular weight excluding hydrogens is 296 g/mol. The number of likely N-dealkylation sites (N-methyl/N-ethyl adjacent to an activating group) is 1. The topological polar surface area (TPSA) is 67.9 Å². The first kappa shape index (κ1) is 19.0. The highest BCUT2D eigenvalue weighted by Gasteiger charge is 2.21. The second-order valence-corrected chi connectivity index (χ2v) is 5.39. The van der Waals surface area contributed by atoms with E-state index in [4.69, 9.17) is 9.47 Å². The number of nitrogens with zero attached hydrogens (tertiary/aromatic N) is 1. The van der Waals surface area contributed by atoms with Gasteiger partial charge in [0.2, 0.25) is 11.8 Å². The van der Waals surface area contributed by atoms with E-state index >= 15 is 0 Å². The number of benzene rings is 1. The van der Waals surface area contributed by atoms with E-state index in [1.807, 2.05) is 31.2 Å². The summed E-state index contributed by atoms with van der Waals surface area (Å²) in [6.45, 7) is 6.10. The van der Waals surface area contributed by atoms with Gasteiger partial charge in [-0.1, -0.05) is 12.1 Å². The van der Waals surface area contributed by atoms with Gasteiger partial charge in [-0.2, -0.15) is 0 Å². The molecule has 128 valence electrons. The molecule has 0 spiro atoms. The van der Waals surface area contributed by atoms with E-state index in [9.17, 15) is 9.59 Å². The van der Waals surface area contributed by atoms with Crippen LogP contribution in [0.2, 0.25) is 0 Å². The first-order valence-corrected chi connectivity index (χ1v) is 7.68. The lowest BCUT2D eigenvalue weighted by Crippen LogP contribution is -2.48. The van der Waals surface area contributed by atoms with E-state index in [2.05, 4.69) is 5.32 Å². The molecule has 0 saturated heterocycles. The zero-order valence-electron chi connectivity index (χ0n) is 14.5. The van der Waals surface area contributed by atoms with Crippen LogP contribution in [0.15, 0.2) is 24.3 Å². The Morgan fingerprint density at radius 1 is 1.30 bits per heavy atom. The van der Waals surface area contributed by atoms with Gasteiger partial charge in [0.25, 0.3) is 0 Å². The maximum absolute atomic E-state index is 12.1. The Hall–Kier alpha value is -2.08. The molecule has 0 radical (unpaired) electrons. The smallest absolute Gasteiger partial charge is 0.249 e. The molecule has 0 heterocycles. The molecule has 6 nitrogen and oxygen atoms in total. The van der Waals surface area contributed by atoms with Crippen molar-refractivity contribution in [2.24, 2.45) is 0 Å². The molecule has 0 aliphatic carbocycles. The highest BCUT2D eigenvalue weighted by Crippen LogP contribution is 2.13. The fourth-order valence-corrected chi connectivity index (χ4v) is 1.94. The Morgan fingerprint density at radius 3 is 2.61 bits per heavy atom. The maximum Gasteiger partial charge on any atom is 0.249 e. The van der Waals surface area contributed by atoms with Gasteiger partial charge in [-0.25, -0.2) is 0 Å². The van der Waals surface area contributed by atoms with E-state index in [0.717, 1.165) is 11.3 Å². The van der Waals surface area contributed by atoms with Crippen molar-refractivity contribution in [3.63, 3.8) is 0 Å². The second-order valence-electron chi connectivity index (χ2n) is 5.39. The van der Waals surface area contributed by atoms with E-state index in [0.29, 0.717) is 13.2 Å². The van der Waals surface area contributed by atoms with E-state index < -0.39 is 12.1 Å². The maximum atomic E-state index is 12.1. The van der Waals surface area contributed by atoms with Crippen LogP contribution in [-0.4, -0.2) is 49.6 Å². The normalized spacial score (nSPS) is 13.1. The number of rotatable bonds is 8. The quantitative estimate of drug-likeness (QED) is 0.789. The third-order valence-electron chi connectivity index (χ3n) is 3.58. The van der Waals surface area contributed by atoms with Crippen molar-refractivity contribution in [3.05, 3.63) is 29.8 Å². The largest absolute Gasteiger partial charge is 0.497 e. The number of hydrogen-bond acceptors (Lipinski definition) is 4. The zero-order chi connectivity index (χ0) is 17.4. The van der Waals surface area contributed by atoms with Crippen LogP contribution < -0.4 is 10.1 Å². The van der Waals surface area contributed by atoms with Gasteiger partial charge in [0.1, 0.15) is 17.9 Å². The number of amides is 2. The van der Waals surface area contributed by atoms with Crippen molar-refractivity contribution in [2.45, 2.75) is 39.5 Å². The molecule has 0 aromatic heterocycles. The predicted molar refractivity (Wildman–Crippen MR) is 88.2 cm³/mol. The highest BCUT2D eigenvalue weighted by molar-refractivity contribution is 5.88. The van der Waals surface area contributed by atoms with Gasteiger partial charge in [-0.3, -0.25) is 9.59 Å². The monoisotopic (exact) mass is 322 g/mol. The Kier molecular flexibility index (Phi) is 7.54. The number of carbonyl (C=O) groups excluding carboxylic acids is 2. The molecule has 1 aromatic carbocycles. The number of ether oxygens (including phenoxy) is 2. The van der Waals surface area contributed by atoms with Crippen LogP contribution in [-0.2, 0) is 20.9 Å². The molecule has 1 rings (SSSR count). The molecular formula is C17H26N2O4. The molecule has 6 heteroatoms. The lowest BCUT2D eigenvalue weighted by atomic mass is 10.2. The fourth-order valence-electron chi connectivity index (χ4n) is 1.94. The SMILES string of the molecule is CCN(C)C(=O)C(C)NC(=O)C(C)OCc1cccc(OC)c1. The highest BCUT2D eigenvalue weighted by atomic mass is 16.5. The van der Waals surface area contributed by atoms with Crippen molar-refractivity contribution < 1.29 is 19.1 Å². The molecule has 0 bridgehead atoms. The summed E-state index contributed by atoms with van der Waals surface area (Å²) in [6, 6.07) is 6.89. The average Bonchev–Trinajstić information content (AvgIpc) is 2.58. The van der Waals surface area contributed by atoms with Crippen molar-refractivity contribution >= 4 is 11.8 Å². The average molecular weight is 322 g/mol. The molecule has 0 fully saturated rings. The standard InChI is InChI=1S/C17H26N2O4/c1-6-19(4)17(21)12(2)18-16(20)13(3)23-11-14-8-7-9-15(10-14)22-5/h7-10,12-13H,6,11H2,1-5H3,(H,18,20). The summed E-state index contributed by atoms with van der Waals surface area (Å²) in [6.07, 6.45) is -0.650. The van der Waals surface area contributed by atoms with Crippen LogP contribution in [0.5, 0.6) is 5.75 Å². The van der Waals surface area contributed by atoms with Gasteiger partial charge < -0.3 is 19.7 Å². The van der Waals surface area contributed by atoms with E-state index in [-0.39, 0.29) is 11.8 Å². The number of nitrogens with one attached hydrogen (secondary N) is 1. The van der Waals surface area contributed by atoms with Gasteiger partial charge in [0.05, 0.1) is 13.7 Å². The summed E-state index contributed by atoms with van der Waals surface area (Å²) in [5.41, 5.74) is 0.916. The minimum Gasteiger partial charge on any atom is -0.497 e. The molecule has 0 saturated carbocycles. The first-order valence-electron chi connectivity index (χ1n) is 7.68.